The second kappa shape index (κ2) is 9.92. The van der Waals surface area contributed by atoms with Gasteiger partial charge in [-0.05, 0) is 49.4 Å². The van der Waals surface area contributed by atoms with Crippen molar-refractivity contribution in [3.05, 3.63) is 36.7 Å². The number of anilines is 3. The molecule has 150 valence electrons. The molecular weight excluding hydrogens is 354 g/mol. The van der Waals surface area contributed by atoms with E-state index in [0.717, 1.165) is 56.3 Å². The fourth-order valence-corrected chi connectivity index (χ4v) is 3.07. The highest BCUT2D eigenvalue weighted by atomic mass is 16.5. The molecule has 1 aromatic heterocycles. The normalized spacial score (nSPS) is 14.6. The minimum absolute atomic E-state index is 0.337. The van der Waals surface area contributed by atoms with Crippen molar-refractivity contribution in [3.63, 3.8) is 0 Å². The quantitative estimate of drug-likeness (QED) is 0.687. The van der Waals surface area contributed by atoms with Crippen LogP contribution >= 0.6 is 0 Å². The summed E-state index contributed by atoms with van der Waals surface area (Å²) in [5, 5.41) is 5.59. The van der Waals surface area contributed by atoms with Crippen LogP contribution in [-0.2, 0) is 0 Å². The van der Waals surface area contributed by atoms with Gasteiger partial charge >= 0.3 is 6.03 Å². The number of piperidine rings is 1. The van der Waals surface area contributed by atoms with E-state index in [1.165, 1.54) is 6.33 Å². The van der Waals surface area contributed by atoms with Crippen LogP contribution in [0.15, 0.2) is 36.7 Å². The van der Waals surface area contributed by atoms with Gasteiger partial charge in [0.05, 0.1) is 6.61 Å². The lowest BCUT2D eigenvalue weighted by Crippen LogP contribution is -2.33. The maximum absolute atomic E-state index is 12.3. The van der Waals surface area contributed by atoms with Gasteiger partial charge in [-0.15, -0.1) is 0 Å². The Labute approximate surface area is 166 Å². The van der Waals surface area contributed by atoms with Crippen molar-refractivity contribution in [2.24, 2.45) is 5.92 Å². The number of unbranched alkanes of at least 4 members (excludes halogenated alkanes) is 1. The molecule has 3 rings (SSSR count). The molecule has 0 spiro atoms. The van der Waals surface area contributed by atoms with E-state index < -0.39 is 0 Å². The molecule has 2 N–H and O–H groups in total. The third-order valence-corrected chi connectivity index (χ3v) is 4.88. The van der Waals surface area contributed by atoms with Gasteiger partial charge in [0.15, 0.2) is 0 Å². The molecule has 1 fully saturated rings. The third-order valence-electron chi connectivity index (χ3n) is 4.88. The van der Waals surface area contributed by atoms with Crippen molar-refractivity contribution in [2.75, 3.05) is 35.2 Å². The minimum Gasteiger partial charge on any atom is -0.494 e. The lowest BCUT2D eigenvalue weighted by molar-refractivity contribution is 0.262. The van der Waals surface area contributed by atoms with Crippen molar-refractivity contribution in [2.45, 2.75) is 39.5 Å². The summed E-state index contributed by atoms with van der Waals surface area (Å²) >= 11 is 0. The highest BCUT2D eigenvalue weighted by Gasteiger charge is 2.17. The Bertz CT molecular complexity index is 758. The van der Waals surface area contributed by atoms with E-state index in [1.54, 1.807) is 0 Å². The van der Waals surface area contributed by atoms with Crippen LogP contribution in [0.2, 0.25) is 0 Å². The Hall–Kier alpha value is -2.83. The van der Waals surface area contributed by atoms with Gasteiger partial charge < -0.3 is 15.0 Å². The van der Waals surface area contributed by atoms with E-state index in [1.807, 2.05) is 30.3 Å². The maximum Gasteiger partial charge on any atom is 0.324 e. The van der Waals surface area contributed by atoms with Crippen LogP contribution in [0.3, 0.4) is 0 Å². The number of amides is 2. The standard InChI is InChI=1S/C21H29N5O2/c1-3-4-13-28-18-7-5-17(6-8-18)24-21(27)25-19-14-20(23-15-22-19)26-11-9-16(2)10-12-26/h5-8,14-16H,3-4,9-13H2,1-2H3,(H2,22,23,24,25,27). The van der Waals surface area contributed by atoms with Crippen LogP contribution in [0.25, 0.3) is 0 Å². The zero-order chi connectivity index (χ0) is 19.8. The summed E-state index contributed by atoms with van der Waals surface area (Å²) in [5.74, 6) is 2.90. The molecule has 0 aliphatic carbocycles. The van der Waals surface area contributed by atoms with E-state index in [-0.39, 0.29) is 6.03 Å². The molecule has 2 heterocycles. The Morgan fingerprint density at radius 1 is 1.18 bits per heavy atom. The van der Waals surface area contributed by atoms with Crippen LogP contribution in [0.4, 0.5) is 22.1 Å². The van der Waals surface area contributed by atoms with Crippen LogP contribution < -0.4 is 20.3 Å². The summed E-state index contributed by atoms with van der Waals surface area (Å²) in [6.07, 6.45) is 5.93. The number of nitrogens with one attached hydrogen (secondary N) is 2. The number of rotatable bonds is 7. The average Bonchev–Trinajstić information content (AvgIpc) is 2.70. The third kappa shape index (κ3) is 5.84. The second-order valence-corrected chi connectivity index (χ2v) is 7.24. The van der Waals surface area contributed by atoms with Gasteiger partial charge in [-0.2, -0.15) is 0 Å². The fourth-order valence-electron chi connectivity index (χ4n) is 3.07. The van der Waals surface area contributed by atoms with Crippen molar-refractivity contribution < 1.29 is 9.53 Å². The van der Waals surface area contributed by atoms with Crippen LogP contribution in [0.5, 0.6) is 5.75 Å². The van der Waals surface area contributed by atoms with Gasteiger partial charge in [-0.3, -0.25) is 5.32 Å². The number of aromatic nitrogens is 2. The minimum atomic E-state index is -0.337. The Kier molecular flexibility index (Phi) is 7.06. The number of urea groups is 1. The van der Waals surface area contributed by atoms with E-state index in [4.69, 9.17) is 4.74 Å². The molecule has 0 bridgehead atoms. The van der Waals surface area contributed by atoms with Crippen molar-refractivity contribution in [3.8, 4) is 5.75 Å². The molecule has 7 nitrogen and oxygen atoms in total. The van der Waals surface area contributed by atoms with Crippen LogP contribution in [0.1, 0.15) is 39.5 Å². The Morgan fingerprint density at radius 2 is 1.93 bits per heavy atom. The molecule has 0 unspecified atom stereocenters. The predicted molar refractivity (Wildman–Crippen MR) is 112 cm³/mol. The number of nitrogens with zero attached hydrogens (tertiary/aromatic N) is 3. The first-order chi connectivity index (χ1) is 13.6. The van der Waals surface area contributed by atoms with E-state index in [0.29, 0.717) is 18.1 Å². The molecule has 1 aromatic carbocycles. The molecule has 1 aliphatic rings. The first kappa shape index (κ1) is 19.9. The molecule has 0 saturated carbocycles. The van der Waals surface area contributed by atoms with Crippen molar-refractivity contribution in [1.29, 1.82) is 0 Å². The summed E-state index contributed by atoms with van der Waals surface area (Å²) < 4.78 is 5.63. The SMILES string of the molecule is CCCCOc1ccc(NC(=O)Nc2cc(N3CCC(C)CC3)ncn2)cc1. The molecule has 1 saturated heterocycles. The topological polar surface area (TPSA) is 79.4 Å². The molecule has 2 aromatic rings. The summed E-state index contributed by atoms with van der Waals surface area (Å²) in [6.45, 7) is 7.07. The van der Waals surface area contributed by atoms with E-state index in [2.05, 4.69) is 39.3 Å². The molecule has 28 heavy (non-hydrogen) atoms. The van der Waals surface area contributed by atoms with Gasteiger partial charge in [0.1, 0.15) is 23.7 Å². The number of benzene rings is 1. The molecular formula is C21H29N5O2. The number of carbonyl (C=O) groups excluding carboxylic acids is 1. The summed E-state index contributed by atoms with van der Waals surface area (Å²) in [7, 11) is 0. The first-order valence-electron chi connectivity index (χ1n) is 10.0. The van der Waals surface area contributed by atoms with E-state index in [9.17, 15) is 4.79 Å². The van der Waals surface area contributed by atoms with Gasteiger partial charge in [0, 0.05) is 24.8 Å². The number of carbonyl (C=O) groups is 1. The predicted octanol–water partition coefficient (Wildman–Crippen LogP) is 4.54. The van der Waals surface area contributed by atoms with Crippen molar-refractivity contribution >= 4 is 23.4 Å². The number of ether oxygens (including phenoxy) is 1. The summed E-state index contributed by atoms with van der Waals surface area (Å²) in [6, 6.07) is 8.83. The highest BCUT2D eigenvalue weighted by molar-refractivity contribution is 5.99. The lowest BCUT2D eigenvalue weighted by atomic mass is 9.99. The zero-order valence-corrected chi connectivity index (χ0v) is 16.6. The van der Waals surface area contributed by atoms with Crippen LogP contribution in [-0.4, -0.2) is 35.7 Å². The Balaban J connectivity index is 1.52. The van der Waals surface area contributed by atoms with Gasteiger partial charge in [-0.1, -0.05) is 20.3 Å². The molecule has 1 aliphatic heterocycles. The highest BCUT2D eigenvalue weighted by Crippen LogP contribution is 2.22. The van der Waals surface area contributed by atoms with Crippen LogP contribution in [0, 0.1) is 5.92 Å². The number of hydrogen-bond donors (Lipinski definition) is 2. The Morgan fingerprint density at radius 3 is 2.64 bits per heavy atom. The maximum atomic E-state index is 12.3. The molecule has 7 heteroatoms. The monoisotopic (exact) mass is 383 g/mol. The molecule has 2 amide bonds. The fraction of sp³-hybridized carbons (Fsp3) is 0.476. The molecule has 0 atom stereocenters. The number of hydrogen-bond acceptors (Lipinski definition) is 5. The van der Waals surface area contributed by atoms with E-state index >= 15 is 0 Å². The largest absolute Gasteiger partial charge is 0.494 e. The summed E-state index contributed by atoms with van der Waals surface area (Å²) in [4.78, 5) is 23.0. The smallest absolute Gasteiger partial charge is 0.324 e. The van der Waals surface area contributed by atoms with Gasteiger partial charge in [-0.25, -0.2) is 14.8 Å². The average molecular weight is 383 g/mol. The lowest BCUT2D eigenvalue weighted by Gasteiger charge is -2.31. The second-order valence-electron chi connectivity index (χ2n) is 7.24. The van der Waals surface area contributed by atoms with Gasteiger partial charge in [0.25, 0.3) is 0 Å². The molecule has 0 radical (unpaired) electrons. The zero-order valence-electron chi connectivity index (χ0n) is 16.6. The van der Waals surface area contributed by atoms with Gasteiger partial charge in [0.2, 0.25) is 0 Å². The first-order valence-corrected chi connectivity index (χ1v) is 10.0. The summed E-state index contributed by atoms with van der Waals surface area (Å²) in [5.41, 5.74) is 0.694. The van der Waals surface area contributed by atoms with Crippen molar-refractivity contribution in [1.82, 2.24) is 9.97 Å².